The van der Waals surface area contributed by atoms with E-state index >= 15 is 0 Å². The molecule has 0 bridgehead atoms. The average Bonchev–Trinajstić information content (AvgIpc) is 2.58. The normalized spacial score (nSPS) is 11.2. The van der Waals surface area contributed by atoms with Crippen LogP contribution in [0.3, 0.4) is 0 Å². The van der Waals surface area contributed by atoms with Crippen LogP contribution in [0.1, 0.15) is 39.9 Å². The molecule has 132 valence electrons. The summed E-state index contributed by atoms with van der Waals surface area (Å²) in [6.07, 6.45) is -4.37. The highest BCUT2D eigenvalue weighted by atomic mass is 19.4. The van der Waals surface area contributed by atoms with Crippen LogP contribution >= 0.6 is 0 Å². The fourth-order valence-electron chi connectivity index (χ4n) is 2.26. The van der Waals surface area contributed by atoms with Gasteiger partial charge in [0.05, 0.1) is 5.56 Å². The SMILES string of the molecule is Cc1ccc(C(=O)CCC(=O)NCc2cccc(C(F)(F)F)c2)cc1. The van der Waals surface area contributed by atoms with E-state index in [9.17, 15) is 22.8 Å². The number of hydrogen-bond acceptors (Lipinski definition) is 2. The Morgan fingerprint density at radius 2 is 1.68 bits per heavy atom. The summed E-state index contributed by atoms with van der Waals surface area (Å²) < 4.78 is 37.9. The Bertz CT molecular complexity index is 752. The maximum atomic E-state index is 12.6. The molecule has 25 heavy (non-hydrogen) atoms. The summed E-state index contributed by atoms with van der Waals surface area (Å²) in [4.78, 5) is 23.8. The van der Waals surface area contributed by atoms with Gasteiger partial charge in [-0.25, -0.2) is 0 Å². The van der Waals surface area contributed by atoms with Gasteiger partial charge < -0.3 is 5.32 Å². The predicted octanol–water partition coefficient (Wildman–Crippen LogP) is 4.29. The third-order valence-corrected chi connectivity index (χ3v) is 3.70. The second-order valence-corrected chi connectivity index (χ2v) is 5.76. The van der Waals surface area contributed by atoms with Crippen LogP contribution in [0.25, 0.3) is 0 Å². The molecular weight excluding hydrogens is 331 g/mol. The topological polar surface area (TPSA) is 46.2 Å². The molecule has 0 heterocycles. The Balaban J connectivity index is 1.83. The molecule has 6 heteroatoms. The van der Waals surface area contributed by atoms with Gasteiger partial charge in [-0.15, -0.1) is 0 Å². The number of alkyl halides is 3. The van der Waals surface area contributed by atoms with Crippen LogP contribution in [-0.2, 0) is 17.5 Å². The third-order valence-electron chi connectivity index (χ3n) is 3.70. The smallest absolute Gasteiger partial charge is 0.352 e. The number of halogens is 3. The first-order valence-corrected chi connectivity index (χ1v) is 7.78. The lowest BCUT2D eigenvalue weighted by atomic mass is 10.0. The molecule has 0 atom stereocenters. The van der Waals surface area contributed by atoms with E-state index < -0.39 is 11.7 Å². The van der Waals surface area contributed by atoms with Gasteiger partial charge in [-0.3, -0.25) is 9.59 Å². The first-order valence-electron chi connectivity index (χ1n) is 7.78. The maximum Gasteiger partial charge on any atom is 0.416 e. The van der Waals surface area contributed by atoms with Crippen LogP contribution < -0.4 is 5.32 Å². The van der Waals surface area contributed by atoms with E-state index in [4.69, 9.17) is 0 Å². The number of nitrogens with one attached hydrogen (secondary N) is 1. The quantitative estimate of drug-likeness (QED) is 0.791. The van der Waals surface area contributed by atoms with E-state index in [-0.39, 0.29) is 31.1 Å². The molecule has 2 aromatic rings. The summed E-state index contributed by atoms with van der Waals surface area (Å²) in [5.74, 6) is -0.521. The van der Waals surface area contributed by atoms with Gasteiger partial charge in [-0.05, 0) is 24.6 Å². The van der Waals surface area contributed by atoms with Crippen LogP contribution in [0.4, 0.5) is 13.2 Å². The number of carbonyl (C=O) groups excluding carboxylic acids is 2. The number of ketones is 1. The standard InChI is InChI=1S/C19H18F3NO2/c1-13-5-7-15(8-6-13)17(24)9-10-18(25)23-12-14-3-2-4-16(11-14)19(20,21)22/h2-8,11H,9-10,12H2,1H3,(H,23,25). The molecule has 2 rings (SSSR count). The second-order valence-electron chi connectivity index (χ2n) is 5.76. The molecule has 0 fully saturated rings. The second kappa shape index (κ2) is 7.96. The first-order chi connectivity index (χ1) is 11.8. The molecule has 0 aliphatic heterocycles. The highest BCUT2D eigenvalue weighted by Gasteiger charge is 2.30. The summed E-state index contributed by atoms with van der Waals surface area (Å²) in [5.41, 5.74) is 1.17. The van der Waals surface area contributed by atoms with Crippen molar-refractivity contribution in [2.24, 2.45) is 0 Å². The molecule has 0 radical (unpaired) electrons. The fourth-order valence-corrected chi connectivity index (χ4v) is 2.26. The van der Waals surface area contributed by atoms with Gasteiger partial charge in [-0.2, -0.15) is 13.2 Å². The van der Waals surface area contributed by atoms with Crippen molar-refractivity contribution < 1.29 is 22.8 Å². The molecule has 0 aliphatic carbocycles. The zero-order chi connectivity index (χ0) is 18.4. The van der Waals surface area contributed by atoms with E-state index in [1.54, 1.807) is 12.1 Å². The lowest BCUT2D eigenvalue weighted by Gasteiger charge is -2.09. The summed E-state index contributed by atoms with van der Waals surface area (Å²) in [7, 11) is 0. The molecule has 3 nitrogen and oxygen atoms in total. The van der Waals surface area contributed by atoms with Gasteiger partial charge in [0.2, 0.25) is 5.91 Å². The van der Waals surface area contributed by atoms with Crippen LogP contribution in [0.2, 0.25) is 0 Å². The van der Waals surface area contributed by atoms with Gasteiger partial charge in [0.25, 0.3) is 0 Å². The zero-order valence-electron chi connectivity index (χ0n) is 13.7. The Morgan fingerprint density at radius 1 is 1.00 bits per heavy atom. The van der Waals surface area contributed by atoms with Gasteiger partial charge >= 0.3 is 6.18 Å². The summed E-state index contributed by atoms with van der Waals surface area (Å²) in [6.45, 7) is 1.90. The molecule has 2 aromatic carbocycles. The van der Waals surface area contributed by atoms with Crippen molar-refractivity contribution in [3.8, 4) is 0 Å². The molecular formula is C19H18F3NO2. The lowest BCUT2D eigenvalue weighted by Crippen LogP contribution is -2.23. The number of Topliss-reactive ketones (excluding diaryl/α,β-unsaturated/α-hetero) is 1. The summed E-state index contributed by atoms with van der Waals surface area (Å²) >= 11 is 0. The average molecular weight is 349 g/mol. The minimum absolute atomic E-state index is 0.00826. The molecule has 0 aliphatic rings. The Hall–Kier alpha value is -2.63. The zero-order valence-corrected chi connectivity index (χ0v) is 13.7. The number of aryl methyl sites for hydroxylation is 1. The molecule has 0 aromatic heterocycles. The van der Waals surface area contributed by atoms with E-state index in [0.717, 1.165) is 17.7 Å². The van der Waals surface area contributed by atoms with Crippen LogP contribution in [0.5, 0.6) is 0 Å². The number of hydrogen-bond donors (Lipinski definition) is 1. The molecule has 0 unspecified atom stereocenters. The van der Waals surface area contributed by atoms with Crippen molar-refractivity contribution in [2.45, 2.75) is 32.5 Å². The van der Waals surface area contributed by atoms with Gasteiger partial charge in [0, 0.05) is 24.9 Å². The van der Waals surface area contributed by atoms with Crippen molar-refractivity contribution in [2.75, 3.05) is 0 Å². The molecule has 0 saturated carbocycles. The minimum atomic E-state index is -4.42. The molecule has 1 N–H and O–H groups in total. The number of amides is 1. The van der Waals surface area contributed by atoms with Gasteiger partial charge in [0.15, 0.2) is 5.78 Å². The first kappa shape index (κ1) is 18.7. The van der Waals surface area contributed by atoms with Crippen molar-refractivity contribution in [3.63, 3.8) is 0 Å². The fraction of sp³-hybridized carbons (Fsp3) is 0.263. The van der Waals surface area contributed by atoms with E-state index in [0.29, 0.717) is 11.1 Å². The highest BCUT2D eigenvalue weighted by molar-refractivity contribution is 5.97. The molecule has 1 amide bonds. The number of carbonyl (C=O) groups is 2. The van der Waals surface area contributed by atoms with Gasteiger partial charge in [0.1, 0.15) is 0 Å². The molecule has 0 saturated heterocycles. The van der Waals surface area contributed by atoms with Crippen molar-refractivity contribution >= 4 is 11.7 Å². The Kier molecular flexibility index (Phi) is 5.96. The van der Waals surface area contributed by atoms with Crippen molar-refractivity contribution in [3.05, 3.63) is 70.8 Å². The lowest BCUT2D eigenvalue weighted by molar-refractivity contribution is -0.137. The van der Waals surface area contributed by atoms with Crippen molar-refractivity contribution in [1.29, 1.82) is 0 Å². The van der Waals surface area contributed by atoms with Crippen molar-refractivity contribution in [1.82, 2.24) is 5.32 Å². The van der Waals surface area contributed by atoms with Crippen LogP contribution in [-0.4, -0.2) is 11.7 Å². The number of benzene rings is 2. The highest BCUT2D eigenvalue weighted by Crippen LogP contribution is 2.29. The van der Waals surface area contributed by atoms with Crippen LogP contribution in [0.15, 0.2) is 48.5 Å². The van der Waals surface area contributed by atoms with Gasteiger partial charge in [-0.1, -0.05) is 42.0 Å². The Morgan fingerprint density at radius 3 is 2.32 bits per heavy atom. The predicted molar refractivity (Wildman–Crippen MR) is 88.0 cm³/mol. The van der Waals surface area contributed by atoms with E-state index in [1.807, 2.05) is 19.1 Å². The van der Waals surface area contributed by atoms with Crippen LogP contribution in [0, 0.1) is 6.92 Å². The maximum absolute atomic E-state index is 12.6. The summed E-state index contributed by atoms with van der Waals surface area (Å²) in [5, 5.41) is 2.54. The molecule has 0 spiro atoms. The monoisotopic (exact) mass is 349 g/mol. The Labute approximate surface area is 143 Å². The third kappa shape index (κ3) is 5.74. The van der Waals surface area contributed by atoms with E-state index in [2.05, 4.69) is 5.32 Å². The van der Waals surface area contributed by atoms with E-state index in [1.165, 1.54) is 12.1 Å². The number of rotatable bonds is 6. The minimum Gasteiger partial charge on any atom is -0.352 e. The summed E-state index contributed by atoms with van der Waals surface area (Å²) in [6, 6.07) is 11.8. The largest absolute Gasteiger partial charge is 0.416 e.